The number of benzene rings is 1. The number of carbonyl (C=O) groups excluding carboxylic acids is 1. The molecule has 0 radical (unpaired) electrons. The number of hydrogen-bond acceptors (Lipinski definition) is 3. The highest BCUT2D eigenvalue weighted by Crippen LogP contribution is 2.17. The molecule has 1 aromatic rings. The minimum absolute atomic E-state index is 0.103. The molecule has 3 nitrogen and oxygen atoms in total. The van der Waals surface area contributed by atoms with Crippen LogP contribution < -0.4 is 5.73 Å². The summed E-state index contributed by atoms with van der Waals surface area (Å²) in [5.74, 6) is -1.14. The average Bonchev–Trinajstić information content (AvgIpc) is 2.40. The molecular weight excluding hydrogens is 245 g/mol. The standard InChI is InChI=1S/C15H22FNO2/c1-2-3-4-5-6-7-11-19-15(18)12-9-8-10-13(16)14(12)17/h8-10H,2-7,11,17H2,1H3. The number of unbranched alkanes of at least 4 members (excludes halogenated alkanes) is 5. The molecule has 1 rings (SSSR count). The van der Waals surface area contributed by atoms with Crippen LogP contribution in [0.15, 0.2) is 18.2 Å². The third kappa shape index (κ3) is 5.28. The molecule has 0 aliphatic rings. The third-order valence-electron chi connectivity index (χ3n) is 3.00. The summed E-state index contributed by atoms with van der Waals surface area (Å²) in [6, 6.07) is 4.15. The second-order valence-corrected chi connectivity index (χ2v) is 4.60. The quantitative estimate of drug-likeness (QED) is 0.441. The summed E-state index contributed by atoms with van der Waals surface area (Å²) in [4.78, 5) is 11.7. The second-order valence-electron chi connectivity index (χ2n) is 4.60. The largest absolute Gasteiger partial charge is 0.462 e. The molecule has 4 heteroatoms. The van der Waals surface area contributed by atoms with Gasteiger partial charge in [-0.2, -0.15) is 0 Å². The van der Waals surface area contributed by atoms with E-state index in [0.717, 1.165) is 19.3 Å². The number of anilines is 1. The van der Waals surface area contributed by atoms with Crippen molar-refractivity contribution in [2.75, 3.05) is 12.3 Å². The predicted molar refractivity (Wildman–Crippen MR) is 74.5 cm³/mol. The molecule has 106 valence electrons. The van der Waals surface area contributed by atoms with Crippen LogP contribution in [0.25, 0.3) is 0 Å². The van der Waals surface area contributed by atoms with Gasteiger partial charge in [0.25, 0.3) is 0 Å². The molecule has 2 N–H and O–H groups in total. The normalized spacial score (nSPS) is 10.4. The second kappa shape index (κ2) is 8.51. The zero-order chi connectivity index (χ0) is 14.1. The van der Waals surface area contributed by atoms with Crippen LogP contribution in [0.4, 0.5) is 10.1 Å². The fourth-order valence-electron chi connectivity index (χ4n) is 1.84. The van der Waals surface area contributed by atoms with E-state index in [4.69, 9.17) is 10.5 Å². The van der Waals surface area contributed by atoms with Crippen molar-refractivity contribution in [3.8, 4) is 0 Å². The molecule has 0 heterocycles. The van der Waals surface area contributed by atoms with E-state index in [-0.39, 0.29) is 11.3 Å². The highest BCUT2D eigenvalue weighted by Gasteiger charge is 2.13. The maximum Gasteiger partial charge on any atom is 0.340 e. The van der Waals surface area contributed by atoms with Gasteiger partial charge in [0.1, 0.15) is 5.82 Å². The molecule has 0 aromatic heterocycles. The first-order valence-corrected chi connectivity index (χ1v) is 6.88. The predicted octanol–water partition coefficient (Wildman–Crippen LogP) is 3.93. The average molecular weight is 267 g/mol. The van der Waals surface area contributed by atoms with Gasteiger partial charge in [-0.15, -0.1) is 0 Å². The molecule has 0 aliphatic heterocycles. The van der Waals surface area contributed by atoms with E-state index in [0.29, 0.717) is 6.61 Å². The lowest BCUT2D eigenvalue weighted by atomic mass is 10.1. The summed E-state index contributed by atoms with van der Waals surface area (Å²) in [6.07, 6.45) is 6.73. The Bertz CT molecular complexity index is 407. The molecule has 0 saturated heterocycles. The van der Waals surface area contributed by atoms with Crippen LogP contribution in [-0.2, 0) is 4.74 Å². The summed E-state index contributed by atoms with van der Waals surface area (Å²) >= 11 is 0. The highest BCUT2D eigenvalue weighted by atomic mass is 19.1. The van der Waals surface area contributed by atoms with E-state index in [1.807, 2.05) is 0 Å². The molecule has 0 spiro atoms. The smallest absolute Gasteiger partial charge is 0.340 e. The zero-order valence-corrected chi connectivity index (χ0v) is 11.5. The number of hydrogen-bond donors (Lipinski definition) is 1. The van der Waals surface area contributed by atoms with Crippen molar-refractivity contribution in [2.45, 2.75) is 45.4 Å². The first kappa shape index (κ1) is 15.5. The Morgan fingerprint density at radius 3 is 2.63 bits per heavy atom. The fraction of sp³-hybridized carbons (Fsp3) is 0.533. The van der Waals surface area contributed by atoms with Gasteiger partial charge in [-0.25, -0.2) is 9.18 Å². The number of nitrogens with two attached hydrogens (primary N) is 1. The van der Waals surface area contributed by atoms with E-state index in [2.05, 4.69) is 6.92 Å². The van der Waals surface area contributed by atoms with Crippen molar-refractivity contribution in [1.29, 1.82) is 0 Å². The molecule has 0 aliphatic carbocycles. The Morgan fingerprint density at radius 2 is 1.89 bits per heavy atom. The van der Waals surface area contributed by atoms with E-state index in [1.54, 1.807) is 0 Å². The number of ether oxygens (including phenoxy) is 1. The molecule has 0 amide bonds. The van der Waals surface area contributed by atoms with Gasteiger partial charge in [0.15, 0.2) is 0 Å². The van der Waals surface area contributed by atoms with Crippen LogP contribution in [-0.4, -0.2) is 12.6 Å². The molecule has 0 saturated carbocycles. The minimum atomic E-state index is -0.589. The number of rotatable bonds is 8. The SMILES string of the molecule is CCCCCCCCOC(=O)c1cccc(F)c1N. The zero-order valence-electron chi connectivity index (χ0n) is 11.5. The lowest BCUT2D eigenvalue weighted by molar-refractivity contribution is 0.0498. The summed E-state index contributed by atoms with van der Waals surface area (Å²) in [6.45, 7) is 2.53. The van der Waals surface area contributed by atoms with Crippen molar-refractivity contribution in [3.63, 3.8) is 0 Å². The van der Waals surface area contributed by atoms with Crippen LogP contribution in [0.5, 0.6) is 0 Å². The lowest BCUT2D eigenvalue weighted by Crippen LogP contribution is -2.10. The summed E-state index contributed by atoms with van der Waals surface area (Å²) in [7, 11) is 0. The Kier molecular flexibility index (Phi) is 6.93. The minimum Gasteiger partial charge on any atom is -0.462 e. The van der Waals surface area contributed by atoms with Gasteiger partial charge in [0.05, 0.1) is 17.9 Å². The molecule has 0 fully saturated rings. The van der Waals surface area contributed by atoms with Gasteiger partial charge in [0, 0.05) is 0 Å². The van der Waals surface area contributed by atoms with Gasteiger partial charge in [-0.05, 0) is 18.6 Å². The third-order valence-corrected chi connectivity index (χ3v) is 3.00. The number of carbonyl (C=O) groups is 1. The molecule has 0 bridgehead atoms. The van der Waals surface area contributed by atoms with E-state index < -0.39 is 11.8 Å². The van der Waals surface area contributed by atoms with Gasteiger partial charge >= 0.3 is 5.97 Å². The molecular formula is C15H22FNO2. The Balaban J connectivity index is 2.26. The van der Waals surface area contributed by atoms with Crippen molar-refractivity contribution >= 4 is 11.7 Å². The van der Waals surface area contributed by atoms with Crippen LogP contribution >= 0.6 is 0 Å². The van der Waals surface area contributed by atoms with E-state index >= 15 is 0 Å². The summed E-state index contributed by atoms with van der Waals surface area (Å²) in [5.41, 5.74) is 5.45. The van der Waals surface area contributed by atoms with Gasteiger partial charge in [0.2, 0.25) is 0 Å². The topological polar surface area (TPSA) is 52.3 Å². The van der Waals surface area contributed by atoms with Crippen LogP contribution in [0.2, 0.25) is 0 Å². The number of para-hydroxylation sites is 1. The van der Waals surface area contributed by atoms with Crippen LogP contribution in [0.3, 0.4) is 0 Å². The first-order chi connectivity index (χ1) is 9.16. The van der Waals surface area contributed by atoms with Crippen molar-refractivity contribution in [1.82, 2.24) is 0 Å². The van der Waals surface area contributed by atoms with E-state index in [1.165, 1.54) is 37.5 Å². The molecule has 0 unspecified atom stereocenters. The maximum atomic E-state index is 13.2. The van der Waals surface area contributed by atoms with Crippen LogP contribution in [0.1, 0.15) is 55.8 Å². The molecule has 19 heavy (non-hydrogen) atoms. The maximum absolute atomic E-state index is 13.2. The van der Waals surface area contributed by atoms with Gasteiger partial charge < -0.3 is 10.5 Å². The van der Waals surface area contributed by atoms with Crippen molar-refractivity contribution in [3.05, 3.63) is 29.6 Å². The fourth-order valence-corrected chi connectivity index (χ4v) is 1.84. The van der Waals surface area contributed by atoms with E-state index in [9.17, 15) is 9.18 Å². The summed E-state index contributed by atoms with van der Waals surface area (Å²) in [5, 5.41) is 0. The van der Waals surface area contributed by atoms with Gasteiger partial charge in [-0.3, -0.25) is 0 Å². The van der Waals surface area contributed by atoms with Crippen molar-refractivity contribution < 1.29 is 13.9 Å². The Morgan fingerprint density at radius 1 is 1.21 bits per heavy atom. The number of nitrogen functional groups attached to an aromatic ring is 1. The Hall–Kier alpha value is -1.58. The molecule has 1 aromatic carbocycles. The summed E-state index contributed by atoms with van der Waals surface area (Å²) < 4.78 is 18.3. The van der Waals surface area contributed by atoms with Crippen LogP contribution in [0, 0.1) is 5.82 Å². The lowest BCUT2D eigenvalue weighted by Gasteiger charge is -2.07. The van der Waals surface area contributed by atoms with Crippen molar-refractivity contribution in [2.24, 2.45) is 0 Å². The Labute approximate surface area is 113 Å². The monoisotopic (exact) mass is 267 g/mol. The number of esters is 1. The highest BCUT2D eigenvalue weighted by molar-refractivity contribution is 5.95. The number of halogens is 1. The first-order valence-electron chi connectivity index (χ1n) is 6.88. The van der Waals surface area contributed by atoms with Gasteiger partial charge in [-0.1, -0.05) is 45.1 Å². The molecule has 0 atom stereocenters.